The van der Waals surface area contributed by atoms with E-state index in [4.69, 9.17) is 0 Å². The summed E-state index contributed by atoms with van der Waals surface area (Å²) in [7, 11) is 2.14. The normalized spacial score (nSPS) is 15.1. The second-order valence-electron chi connectivity index (χ2n) is 9.28. The number of H-pyrrole nitrogens is 1. The lowest BCUT2D eigenvalue weighted by molar-refractivity contribution is 0.148. The van der Waals surface area contributed by atoms with E-state index in [1.807, 2.05) is 54.6 Å². The van der Waals surface area contributed by atoms with Crippen molar-refractivity contribution in [1.82, 2.24) is 25.0 Å². The molecule has 176 valence electrons. The highest BCUT2D eigenvalue weighted by atomic mass is 19.1. The van der Waals surface area contributed by atoms with Crippen molar-refractivity contribution >= 4 is 33.2 Å². The summed E-state index contributed by atoms with van der Waals surface area (Å²) >= 11 is 0. The van der Waals surface area contributed by atoms with Crippen LogP contribution in [0.5, 0.6) is 0 Å². The number of benzene rings is 3. The first-order valence-corrected chi connectivity index (χ1v) is 11.9. The Balaban J connectivity index is 1.28. The number of nitrogens with zero attached hydrogens (tertiary/aromatic N) is 4. The Bertz CT molecular complexity index is 1500. The number of halogens is 1. The second-order valence-corrected chi connectivity index (χ2v) is 9.28. The third kappa shape index (κ3) is 4.48. The molecule has 0 saturated carbocycles. The van der Waals surface area contributed by atoms with Crippen molar-refractivity contribution in [1.29, 1.82) is 0 Å². The largest absolute Gasteiger partial charge is 0.355 e. The van der Waals surface area contributed by atoms with Crippen LogP contribution in [-0.4, -0.2) is 58.2 Å². The van der Waals surface area contributed by atoms with E-state index in [9.17, 15) is 0 Å². The first-order chi connectivity index (χ1) is 17.1. The fourth-order valence-corrected chi connectivity index (χ4v) is 4.75. The first-order valence-electron chi connectivity index (χ1n) is 11.9. The molecule has 0 unspecified atom stereocenters. The predicted molar refractivity (Wildman–Crippen MR) is 139 cm³/mol. The van der Waals surface area contributed by atoms with Gasteiger partial charge in [-0.15, -0.1) is 0 Å². The summed E-state index contributed by atoms with van der Waals surface area (Å²) in [5.74, 6) is -0.195. The summed E-state index contributed by atoms with van der Waals surface area (Å²) in [5.41, 5.74) is 6.17. The molecule has 0 radical (unpaired) electrons. The van der Waals surface area contributed by atoms with Crippen LogP contribution in [0.15, 0.2) is 73.1 Å². The molecule has 6 rings (SSSR count). The highest BCUT2D eigenvalue weighted by Gasteiger charge is 2.15. The molecular weight excluding hydrogens is 439 g/mol. The molecule has 2 aromatic heterocycles. The zero-order valence-corrected chi connectivity index (χ0v) is 19.6. The van der Waals surface area contributed by atoms with Crippen molar-refractivity contribution in [3.05, 3.63) is 84.4 Å². The lowest BCUT2D eigenvalue weighted by Gasteiger charge is -2.32. The third-order valence-electron chi connectivity index (χ3n) is 6.81. The minimum absolute atomic E-state index is 0.195. The average Bonchev–Trinajstić information content (AvgIpc) is 3.34. The fraction of sp³-hybridized carbons (Fsp3) is 0.214. The number of piperazine rings is 1. The predicted octanol–water partition coefficient (Wildman–Crippen LogP) is 5.41. The Morgan fingerprint density at radius 1 is 0.971 bits per heavy atom. The van der Waals surface area contributed by atoms with Crippen molar-refractivity contribution in [2.24, 2.45) is 0 Å². The standard InChI is InChI=1S/C28H27FN6/c1-34-10-12-35(13-11-34)18-19-2-5-23(25(29)14-19)20-3-6-27-24(16-20)28(8-9-30-27)32-22-4-7-26-21(15-22)17-31-33-26/h2-9,14-17H,10-13,18H2,1H3,(H,30,32)(H,31,33). The number of aromatic nitrogens is 3. The molecule has 6 nitrogen and oxygen atoms in total. The van der Waals surface area contributed by atoms with Crippen LogP contribution >= 0.6 is 0 Å². The number of nitrogens with one attached hydrogen (secondary N) is 2. The van der Waals surface area contributed by atoms with Gasteiger partial charge in [0, 0.05) is 66.6 Å². The van der Waals surface area contributed by atoms with Gasteiger partial charge >= 0.3 is 0 Å². The van der Waals surface area contributed by atoms with Crippen LogP contribution in [0.3, 0.4) is 0 Å². The maximum Gasteiger partial charge on any atom is 0.131 e. The molecule has 35 heavy (non-hydrogen) atoms. The molecule has 0 bridgehead atoms. The highest BCUT2D eigenvalue weighted by molar-refractivity contribution is 5.96. The van der Waals surface area contributed by atoms with Crippen LogP contribution in [0.25, 0.3) is 32.9 Å². The molecule has 1 aliphatic rings. The Morgan fingerprint density at radius 3 is 2.71 bits per heavy atom. The van der Waals surface area contributed by atoms with Crippen LogP contribution in [0, 0.1) is 5.82 Å². The summed E-state index contributed by atoms with van der Waals surface area (Å²) in [4.78, 5) is 9.22. The molecule has 2 N–H and O–H groups in total. The van der Waals surface area contributed by atoms with Gasteiger partial charge in [0.15, 0.2) is 0 Å². The average molecular weight is 467 g/mol. The Morgan fingerprint density at radius 2 is 1.86 bits per heavy atom. The van der Waals surface area contributed by atoms with E-state index in [1.54, 1.807) is 18.5 Å². The smallest absolute Gasteiger partial charge is 0.131 e. The summed E-state index contributed by atoms with van der Waals surface area (Å²) in [5, 5.41) is 12.5. The zero-order chi connectivity index (χ0) is 23.8. The fourth-order valence-electron chi connectivity index (χ4n) is 4.75. The van der Waals surface area contributed by atoms with Gasteiger partial charge in [0.1, 0.15) is 5.82 Å². The molecule has 1 fully saturated rings. The van der Waals surface area contributed by atoms with E-state index < -0.39 is 0 Å². The van der Waals surface area contributed by atoms with Gasteiger partial charge in [-0.05, 0) is 60.6 Å². The topological polar surface area (TPSA) is 60.1 Å². The van der Waals surface area contributed by atoms with E-state index in [1.165, 1.54) is 0 Å². The lowest BCUT2D eigenvalue weighted by Crippen LogP contribution is -2.43. The number of aromatic amines is 1. The molecule has 0 spiro atoms. The van der Waals surface area contributed by atoms with Gasteiger partial charge in [0.05, 0.1) is 17.2 Å². The van der Waals surface area contributed by atoms with Crippen LogP contribution in [-0.2, 0) is 6.54 Å². The molecule has 3 aromatic carbocycles. The van der Waals surface area contributed by atoms with Crippen LogP contribution < -0.4 is 5.32 Å². The molecule has 1 saturated heterocycles. The van der Waals surface area contributed by atoms with Crippen molar-refractivity contribution in [3.8, 4) is 11.1 Å². The molecule has 1 aliphatic heterocycles. The Hall–Kier alpha value is -3.81. The quantitative estimate of drug-likeness (QED) is 0.363. The van der Waals surface area contributed by atoms with Crippen molar-refractivity contribution in [2.45, 2.75) is 6.54 Å². The summed E-state index contributed by atoms with van der Waals surface area (Å²) in [6.07, 6.45) is 3.59. The van der Waals surface area contributed by atoms with Gasteiger partial charge in [-0.25, -0.2) is 4.39 Å². The molecular formula is C28H27FN6. The van der Waals surface area contributed by atoms with E-state index in [0.717, 1.165) is 77.0 Å². The Kier molecular flexibility index (Phi) is 5.64. The SMILES string of the molecule is CN1CCN(Cc2ccc(-c3ccc4nccc(Nc5ccc6[nH]ncc6c5)c4c3)c(F)c2)CC1. The van der Waals surface area contributed by atoms with Gasteiger partial charge in [0.25, 0.3) is 0 Å². The number of likely N-dealkylation sites (N-methyl/N-ethyl adjacent to an activating group) is 1. The molecule has 5 aromatic rings. The van der Waals surface area contributed by atoms with Gasteiger partial charge in [-0.3, -0.25) is 15.0 Å². The summed E-state index contributed by atoms with van der Waals surface area (Å²) < 4.78 is 15.3. The first kappa shape index (κ1) is 21.7. The number of hydrogen-bond acceptors (Lipinski definition) is 5. The van der Waals surface area contributed by atoms with Crippen molar-refractivity contribution in [2.75, 3.05) is 38.5 Å². The number of fused-ring (bicyclic) bond motifs is 2. The third-order valence-corrected chi connectivity index (χ3v) is 6.81. The van der Waals surface area contributed by atoms with Gasteiger partial charge in [-0.2, -0.15) is 5.10 Å². The molecule has 0 aliphatic carbocycles. The van der Waals surface area contributed by atoms with Crippen molar-refractivity contribution in [3.63, 3.8) is 0 Å². The van der Waals surface area contributed by atoms with Crippen molar-refractivity contribution < 1.29 is 4.39 Å². The van der Waals surface area contributed by atoms with Gasteiger partial charge in [0.2, 0.25) is 0 Å². The number of rotatable bonds is 5. The maximum absolute atomic E-state index is 15.3. The van der Waals surface area contributed by atoms with Crippen LogP contribution in [0.4, 0.5) is 15.8 Å². The number of pyridine rings is 1. The van der Waals surface area contributed by atoms with Crippen LogP contribution in [0.2, 0.25) is 0 Å². The highest BCUT2D eigenvalue weighted by Crippen LogP contribution is 2.32. The maximum atomic E-state index is 15.3. The minimum atomic E-state index is -0.195. The summed E-state index contributed by atoms with van der Waals surface area (Å²) in [6.45, 7) is 4.92. The molecule has 0 atom stereocenters. The molecule has 7 heteroatoms. The second kappa shape index (κ2) is 9.09. The van der Waals surface area contributed by atoms with Gasteiger partial charge < -0.3 is 10.2 Å². The zero-order valence-electron chi connectivity index (χ0n) is 19.6. The van der Waals surface area contributed by atoms with E-state index >= 15 is 4.39 Å². The summed E-state index contributed by atoms with van der Waals surface area (Å²) in [6, 6.07) is 19.5. The monoisotopic (exact) mass is 466 g/mol. The van der Waals surface area contributed by atoms with E-state index in [2.05, 4.69) is 37.3 Å². The molecule has 3 heterocycles. The van der Waals surface area contributed by atoms with E-state index in [-0.39, 0.29) is 5.82 Å². The lowest BCUT2D eigenvalue weighted by atomic mass is 10.00. The Labute approximate surface area is 203 Å². The van der Waals surface area contributed by atoms with Crippen LogP contribution in [0.1, 0.15) is 5.56 Å². The minimum Gasteiger partial charge on any atom is -0.355 e. The van der Waals surface area contributed by atoms with E-state index in [0.29, 0.717) is 5.56 Å². The number of anilines is 2. The van der Waals surface area contributed by atoms with Gasteiger partial charge in [-0.1, -0.05) is 18.2 Å². The molecule has 0 amide bonds. The number of hydrogen-bond donors (Lipinski definition) is 2.